The highest BCUT2D eigenvalue weighted by Gasteiger charge is 2.25. The molecule has 0 aliphatic carbocycles. The smallest absolute Gasteiger partial charge is 0.333 e. The molecule has 0 amide bonds. The second-order valence-electron chi connectivity index (χ2n) is 8.36. The van der Waals surface area contributed by atoms with E-state index in [0.29, 0.717) is 56.3 Å². The van der Waals surface area contributed by atoms with E-state index in [4.69, 9.17) is 9.99 Å². The van der Waals surface area contributed by atoms with Crippen LogP contribution in [0.3, 0.4) is 0 Å². The lowest BCUT2D eigenvalue weighted by molar-refractivity contribution is -0.432. The molecule has 2 heterocycles. The lowest BCUT2D eigenvalue weighted by Gasteiger charge is -2.17. The fourth-order valence-electron chi connectivity index (χ4n) is 3.86. The number of para-hydroxylation sites is 2. The van der Waals surface area contributed by atoms with Crippen LogP contribution in [-0.4, -0.2) is 31.8 Å². The molecule has 11 heteroatoms. The van der Waals surface area contributed by atoms with E-state index in [1.165, 1.54) is 15.2 Å². The Morgan fingerprint density at radius 1 is 1.05 bits per heavy atom. The van der Waals surface area contributed by atoms with E-state index >= 15 is 0 Å². The quantitative estimate of drug-likeness (QED) is 0.118. The molecule has 1 aromatic carbocycles. The maximum Gasteiger partial charge on any atom is 0.333 e. The highest BCUT2D eigenvalue weighted by atomic mass is 32.2. The first-order valence-electron chi connectivity index (χ1n) is 12.4. The number of aromatic hydroxyl groups is 1. The van der Waals surface area contributed by atoms with Gasteiger partial charge in [-0.2, -0.15) is 0 Å². The van der Waals surface area contributed by atoms with Crippen molar-refractivity contribution in [3.63, 3.8) is 0 Å². The zero-order valence-electron chi connectivity index (χ0n) is 21.1. The van der Waals surface area contributed by atoms with Crippen LogP contribution in [0.1, 0.15) is 51.5 Å². The van der Waals surface area contributed by atoms with Crippen molar-refractivity contribution in [2.45, 2.75) is 59.0 Å². The Kier molecular flexibility index (Phi) is 11.1. The van der Waals surface area contributed by atoms with Crippen LogP contribution in [0.4, 0.5) is 5.69 Å². The highest BCUT2D eigenvalue weighted by molar-refractivity contribution is 7.94. The molecular formula is C26H33N3O7S. The zero-order chi connectivity index (χ0) is 26.6. The lowest BCUT2D eigenvalue weighted by atomic mass is 10.2. The van der Waals surface area contributed by atoms with Gasteiger partial charge in [0.2, 0.25) is 11.8 Å². The van der Waals surface area contributed by atoms with Gasteiger partial charge >= 0.3 is 5.69 Å². The van der Waals surface area contributed by atoms with Crippen LogP contribution in [0.5, 0.6) is 11.6 Å². The molecule has 10 nitrogen and oxygen atoms in total. The van der Waals surface area contributed by atoms with Gasteiger partial charge in [0, 0.05) is 43.5 Å². The van der Waals surface area contributed by atoms with E-state index < -0.39 is 11.2 Å². The average Bonchev–Trinajstić information content (AvgIpc) is 3.25. The molecule has 1 aliphatic heterocycles. The Bertz CT molecular complexity index is 1260. The highest BCUT2D eigenvalue weighted by Crippen LogP contribution is 2.38. The third kappa shape index (κ3) is 7.18. The topological polar surface area (TPSA) is 115 Å². The first kappa shape index (κ1) is 28.4. The number of unbranched alkanes of at least 4 members (excludes halogenated alkanes) is 2. The van der Waals surface area contributed by atoms with E-state index in [0.717, 1.165) is 30.6 Å². The number of aromatic nitrogens is 2. The van der Waals surface area contributed by atoms with Crippen LogP contribution < -0.4 is 20.9 Å². The summed E-state index contributed by atoms with van der Waals surface area (Å²) in [4.78, 5) is 27.8. The third-order valence-corrected chi connectivity index (χ3v) is 6.39. The Morgan fingerprint density at radius 3 is 2.51 bits per heavy atom. The van der Waals surface area contributed by atoms with Crippen molar-refractivity contribution in [3.05, 3.63) is 74.4 Å². The second-order valence-corrected chi connectivity index (χ2v) is 9.14. The number of anilines is 1. The standard InChI is InChI=1S/C26H33N3O7S/c1-3-5-16-28-24(30)20(25(31)29(26(28)32)17-6-4-2)12-7-10-15-23-27(18-11-19-37-36-35-33)21-13-8-9-14-22(21)34-23/h8-10,12-15,30,33H,3-6,11,16-19H2,1-2H3. The minimum Gasteiger partial charge on any atom is -0.494 e. The number of allylic oxidation sites excluding steroid dienone is 2. The molecule has 0 spiro atoms. The summed E-state index contributed by atoms with van der Waals surface area (Å²) in [6, 6.07) is 7.63. The van der Waals surface area contributed by atoms with E-state index in [9.17, 15) is 14.7 Å². The van der Waals surface area contributed by atoms with Gasteiger partial charge in [-0.25, -0.2) is 10.1 Å². The summed E-state index contributed by atoms with van der Waals surface area (Å²) in [5.74, 6) is 1.53. The summed E-state index contributed by atoms with van der Waals surface area (Å²) in [6.07, 6.45) is 8.50. The van der Waals surface area contributed by atoms with Gasteiger partial charge in [0.05, 0.1) is 5.69 Å². The SMILES string of the molecule is CCCCn1c(O)c(C=C=CC=C2Oc3ccccc3N2CCCSOOO)c(=O)n(CCCC)c1=O. The number of benzene rings is 1. The van der Waals surface area contributed by atoms with Crippen molar-refractivity contribution in [3.8, 4) is 11.6 Å². The Balaban J connectivity index is 1.89. The predicted molar refractivity (Wildman–Crippen MR) is 143 cm³/mol. The van der Waals surface area contributed by atoms with Gasteiger partial charge in [0.25, 0.3) is 5.56 Å². The molecule has 200 valence electrons. The molecule has 3 rings (SSSR count). The Hall–Kier alpha value is -3.21. The number of hydrogen-bond acceptors (Lipinski definition) is 9. The molecule has 1 aromatic heterocycles. The predicted octanol–water partition coefficient (Wildman–Crippen LogP) is 4.68. The zero-order valence-corrected chi connectivity index (χ0v) is 21.9. The lowest BCUT2D eigenvalue weighted by Crippen LogP contribution is -2.41. The van der Waals surface area contributed by atoms with Gasteiger partial charge in [-0.05, 0) is 43.5 Å². The van der Waals surface area contributed by atoms with Crippen molar-refractivity contribution < 1.29 is 24.5 Å². The summed E-state index contributed by atoms with van der Waals surface area (Å²) < 4.78 is 12.8. The Labute approximate surface area is 219 Å². The largest absolute Gasteiger partial charge is 0.494 e. The van der Waals surface area contributed by atoms with Crippen LogP contribution in [0, 0.1) is 0 Å². The molecule has 0 radical (unpaired) electrons. The molecule has 0 saturated heterocycles. The maximum absolute atomic E-state index is 13.0. The minimum atomic E-state index is -0.532. The summed E-state index contributed by atoms with van der Waals surface area (Å²) in [5.41, 5.74) is 2.85. The van der Waals surface area contributed by atoms with Gasteiger partial charge in [-0.3, -0.25) is 13.9 Å². The van der Waals surface area contributed by atoms with Crippen molar-refractivity contribution in [2.24, 2.45) is 0 Å². The van der Waals surface area contributed by atoms with Gasteiger partial charge in [-0.15, -0.1) is 10.1 Å². The molecule has 37 heavy (non-hydrogen) atoms. The van der Waals surface area contributed by atoms with Gasteiger partial charge in [0.1, 0.15) is 5.56 Å². The Morgan fingerprint density at radius 2 is 1.78 bits per heavy atom. The fraction of sp³-hybridized carbons (Fsp3) is 0.423. The van der Waals surface area contributed by atoms with Crippen molar-refractivity contribution in [2.75, 3.05) is 17.2 Å². The molecule has 2 aromatic rings. The normalized spacial score (nSPS) is 13.4. The summed E-state index contributed by atoms with van der Waals surface area (Å²) in [6.45, 7) is 5.23. The van der Waals surface area contributed by atoms with Gasteiger partial charge in [-0.1, -0.05) is 43.9 Å². The van der Waals surface area contributed by atoms with Crippen LogP contribution >= 0.6 is 12.0 Å². The molecule has 0 unspecified atom stereocenters. The van der Waals surface area contributed by atoms with Crippen LogP contribution in [0.15, 0.2) is 57.6 Å². The maximum atomic E-state index is 13.0. The number of nitrogens with zero attached hydrogens (tertiary/aromatic N) is 3. The van der Waals surface area contributed by atoms with E-state index in [-0.39, 0.29) is 11.4 Å². The van der Waals surface area contributed by atoms with E-state index in [2.05, 4.69) is 15.1 Å². The third-order valence-electron chi connectivity index (χ3n) is 5.78. The van der Waals surface area contributed by atoms with E-state index in [1.54, 1.807) is 12.2 Å². The summed E-state index contributed by atoms with van der Waals surface area (Å²) in [5, 5.41) is 22.6. The number of fused-ring (bicyclic) bond motifs is 1. The summed E-state index contributed by atoms with van der Waals surface area (Å²) >= 11 is 0.990. The fourth-order valence-corrected chi connectivity index (χ4v) is 4.22. The van der Waals surface area contributed by atoms with Crippen molar-refractivity contribution in [1.29, 1.82) is 0 Å². The first-order chi connectivity index (χ1) is 18.0. The van der Waals surface area contributed by atoms with Crippen molar-refractivity contribution in [1.82, 2.24) is 9.13 Å². The number of rotatable bonds is 14. The molecule has 0 atom stereocenters. The minimum absolute atomic E-state index is 0.0251. The molecule has 0 bridgehead atoms. The van der Waals surface area contributed by atoms with Gasteiger partial charge in [0.15, 0.2) is 5.75 Å². The van der Waals surface area contributed by atoms with Crippen LogP contribution in [-0.2, 0) is 22.5 Å². The van der Waals surface area contributed by atoms with Crippen LogP contribution in [0.25, 0.3) is 6.08 Å². The molecular weight excluding hydrogens is 498 g/mol. The first-order valence-corrected chi connectivity index (χ1v) is 13.3. The second kappa shape index (κ2) is 14.5. The molecule has 2 N–H and O–H groups in total. The molecule has 0 fully saturated rings. The average molecular weight is 532 g/mol. The number of hydrogen-bond donors (Lipinski definition) is 2. The number of ether oxygens (including phenoxy) is 1. The molecule has 0 saturated carbocycles. The van der Waals surface area contributed by atoms with Crippen LogP contribution in [0.2, 0.25) is 0 Å². The van der Waals surface area contributed by atoms with E-state index in [1.807, 2.05) is 43.0 Å². The molecule has 1 aliphatic rings. The monoisotopic (exact) mass is 531 g/mol. The van der Waals surface area contributed by atoms with Crippen molar-refractivity contribution >= 4 is 23.8 Å². The van der Waals surface area contributed by atoms with Gasteiger partial charge < -0.3 is 14.7 Å². The summed E-state index contributed by atoms with van der Waals surface area (Å²) in [7, 11) is 0.